The van der Waals surface area contributed by atoms with Gasteiger partial charge in [-0.05, 0) is 50.6 Å². The Morgan fingerprint density at radius 3 is 2.79 bits per heavy atom. The van der Waals surface area contributed by atoms with E-state index < -0.39 is 0 Å². The molecule has 106 valence electrons. The van der Waals surface area contributed by atoms with Crippen molar-refractivity contribution >= 4 is 0 Å². The normalized spacial score (nSPS) is 18.2. The minimum absolute atomic E-state index is 0.532. The smallest absolute Gasteiger partial charge is 0.119 e. The molecule has 1 aromatic rings. The first kappa shape index (κ1) is 14.4. The van der Waals surface area contributed by atoms with Crippen molar-refractivity contribution in [2.45, 2.75) is 38.8 Å². The van der Waals surface area contributed by atoms with Crippen molar-refractivity contribution in [3.63, 3.8) is 0 Å². The lowest BCUT2D eigenvalue weighted by Crippen LogP contribution is -2.41. The Morgan fingerprint density at radius 2 is 2.05 bits per heavy atom. The van der Waals surface area contributed by atoms with Crippen LogP contribution < -0.4 is 10.1 Å². The first-order valence-corrected chi connectivity index (χ1v) is 7.36. The van der Waals surface area contributed by atoms with Crippen LogP contribution >= 0.6 is 0 Å². The van der Waals surface area contributed by atoms with Crippen LogP contribution in [-0.2, 0) is 6.54 Å². The van der Waals surface area contributed by atoms with Crippen LogP contribution in [0.2, 0.25) is 0 Å². The average molecular weight is 262 g/mol. The summed E-state index contributed by atoms with van der Waals surface area (Å²) >= 11 is 0. The maximum atomic E-state index is 5.25. The Balaban J connectivity index is 1.74. The van der Waals surface area contributed by atoms with Crippen LogP contribution in [0.25, 0.3) is 0 Å². The van der Waals surface area contributed by atoms with Crippen LogP contribution in [-0.4, -0.2) is 37.7 Å². The van der Waals surface area contributed by atoms with Crippen LogP contribution in [0.4, 0.5) is 0 Å². The van der Waals surface area contributed by atoms with Gasteiger partial charge in [-0.25, -0.2) is 0 Å². The van der Waals surface area contributed by atoms with E-state index >= 15 is 0 Å². The predicted octanol–water partition coefficient (Wildman–Crippen LogP) is 2.66. The van der Waals surface area contributed by atoms with E-state index in [0.29, 0.717) is 6.04 Å². The topological polar surface area (TPSA) is 24.5 Å². The fraction of sp³-hybridized carbons (Fsp3) is 0.625. The molecule has 3 nitrogen and oxygen atoms in total. The zero-order valence-electron chi connectivity index (χ0n) is 12.2. The van der Waals surface area contributed by atoms with Gasteiger partial charge in [0, 0.05) is 19.1 Å². The van der Waals surface area contributed by atoms with Gasteiger partial charge < -0.3 is 15.0 Å². The first-order valence-electron chi connectivity index (χ1n) is 7.36. The highest BCUT2D eigenvalue weighted by Crippen LogP contribution is 2.13. The molecule has 0 saturated carbocycles. The number of rotatable bonds is 6. The number of hydrogen-bond donors (Lipinski definition) is 1. The monoisotopic (exact) mass is 262 g/mol. The van der Waals surface area contributed by atoms with Gasteiger partial charge in [0.05, 0.1) is 7.11 Å². The molecule has 0 aromatic heterocycles. The lowest BCUT2D eigenvalue weighted by molar-refractivity contribution is 0.209. The van der Waals surface area contributed by atoms with Crippen molar-refractivity contribution < 1.29 is 4.74 Å². The molecule has 0 spiro atoms. The van der Waals surface area contributed by atoms with Crippen LogP contribution in [0.3, 0.4) is 0 Å². The van der Waals surface area contributed by atoms with E-state index in [4.69, 9.17) is 4.74 Å². The van der Waals surface area contributed by atoms with E-state index in [0.717, 1.165) is 18.8 Å². The molecule has 1 atom stereocenters. The van der Waals surface area contributed by atoms with E-state index in [1.165, 1.54) is 37.9 Å². The van der Waals surface area contributed by atoms with Gasteiger partial charge in [0.2, 0.25) is 0 Å². The molecular weight excluding hydrogens is 236 g/mol. The zero-order valence-corrected chi connectivity index (χ0v) is 12.2. The molecule has 0 bridgehead atoms. The third-order valence-electron chi connectivity index (χ3n) is 3.77. The standard InChI is InChI=1S/C16H26N2O/c1-14(13-18-9-4-3-5-10-18)17-12-15-7-6-8-16(11-15)19-2/h6-8,11,14,17H,3-5,9-10,12-13H2,1-2H3. The van der Waals surface area contributed by atoms with E-state index in [2.05, 4.69) is 29.3 Å². The molecule has 1 aromatic carbocycles. The van der Waals surface area contributed by atoms with Crippen LogP contribution in [0.1, 0.15) is 31.7 Å². The summed E-state index contributed by atoms with van der Waals surface area (Å²) in [7, 11) is 1.71. The van der Waals surface area contributed by atoms with Crippen LogP contribution in [0, 0.1) is 0 Å². The SMILES string of the molecule is COc1cccc(CNC(C)CN2CCCCC2)c1. The van der Waals surface area contributed by atoms with E-state index in [1.807, 2.05) is 12.1 Å². The van der Waals surface area contributed by atoms with E-state index in [-0.39, 0.29) is 0 Å². The van der Waals surface area contributed by atoms with E-state index in [9.17, 15) is 0 Å². The number of likely N-dealkylation sites (tertiary alicyclic amines) is 1. The quantitative estimate of drug-likeness (QED) is 0.853. The molecule has 1 unspecified atom stereocenters. The minimum atomic E-state index is 0.532. The van der Waals surface area contributed by atoms with Gasteiger partial charge in [-0.1, -0.05) is 18.6 Å². The van der Waals surface area contributed by atoms with Gasteiger partial charge >= 0.3 is 0 Å². The third-order valence-corrected chi connectivity index (χ3v) is 3.77. The van der Waals surface area contributed by atoms with Crippen LogP contribution in [0.5, 0.6) is 5.75 Å². The maximum absolute atomic E-state index is 5.25. The summed E-state index contributed by atoms with van der Waals surface area (Å²) in [6.45, 7) is 6.88. The average Bonchev–Trinajstić information content (AvgIpc) is 2.46. The van der Waals surface area contributed by atoms with Crippen molar-refractivity contribution in [1.29, 1.82) is 0 Å². The first-order chi connectivity index (χ1) is 9.28. The highest BCUT2D eigenvalue weighted by atomic mass is 16.5. The molecule has 1 fully saturated rings. The Labute approximate surface area is 116 Å². The second kappa shape index (κ2) is 7.51. The van der Waals surface area contributed by atoms with Crippen molar-refractivity contribution in [1.82, 2.24) is 10.2 Å². The van der Waals surface area contributed by atoms with Gasteiger partial charge in [0.25, 0.3) is 0 Å². The second-order valence-corrected chi connectivity index (χ2v) is 5.49. The summed E-state index contributed by atoms with van der Waals surface area (Å²) < 4.78 is 5.25. The predicted molar refractivity (Wildman–Crippen MR) is 79.6 cm³/mol. The van der Waals surface area contributed by atoms with Crippen molar-refractivity contribution in [3.05, 3.63) is 29.8 Å². The fourth-order valence-electron chi connectivity index (χ4n) is 2.67. The van der Waals surface area contributed by atoms with Gasteiger partial charge in [-0.2, -0.15) is 0 Å². The second-order valence-electron chi connectivity index (χ2n) is 5.49. The number of nitrogens with one attached hydrogen (secondary N) is 1. The summed E-state index contributed by atoms with van der Waals surface area (Å²) in [4.78, 5) is 2.58. The maximum Gasteiger partial charge on any atom is 0.119 e. The minimum Gasteiger partial charge on any atom is -0.497 e. The Kier molecular flexibility index (Phi) is 5.67. The molecule has 1 saturated heterocycles. The van der Waals surface area contributed by atoms with Gasteiger partial charge in [-0.3, -0.25) is 0 Å². The van der Waals surface area contributed by atoms with Gasteiger partial charge in [0.15, 0.2) is 0 Å². The number of hydrogen-bond acceptors (Lipinski definition) is 3. The lowest BCUT2D eigenvalue weighted by atomic mass is 10.1. The summed E-state index contributed by atoms with van der Waals surface area (Å²) in [6.07, 6.45) is 4.13. The number of piperidine rings is 1. The fourth-order valence-corrected chi connectivity index (χ4v) is 2.67. The molecular formula is C16H26N2O. The molecule has 0 aliphatic carbocycles. The molecule has 1 heterocycles. The van der Waals surface area contributed by atoms with Crippen molar-refractivity contribution in [2.24, 2.45) is 0 Å². The molecule has 1 aliphatic rings. The van der Waals surface area contributed by atoms with Crippen LogP contribution in [0.15, 0.2) is 24.3 Å². The molecule has 1 N–H and O–H groups in total. The van der Waals surface area contributed by atoms with Gasteiger partial charge in [-0.15, -0.1) is 0 Å². The third kappa shape index (κ3) is 4.84. The largest absolute Gasteiger partial charge is 0.497 e. The molecule has 0 amide bonds. The zero-order chi connectivity index (χ0) is 13.5. The molecule has 19 heavy (non-hydrogen) atoms. The molecule has 3 heteroatoms. The summed E-state index contributed by atoms with van der Waals surface area (Å²) in [5.41, 5.74) is 1.28. The molecule has 2 rings (SSSR count). The number of methoxy groups -OCH3 is 1. The summed E-state index contributed by atoms with van der Waals surface area (Å²) in [6, 6.07) is 8.81. The Bertz CT molecular complexity index is 375. The Morgan fingerprint density at radius 1 is 1.26 bits per heavy atom. The lowest BCUT2D eigenvalue weighted by Gasteiger charge is -2.29. The molecule has 1 aliphatic heterocycles. The van der Waals surface area contributed by atoms with Crippen molar-refractivity contribution in [3.8, 4) is 5.75 Å². The Hall–Kier alpha value is -1.06. The summed E-state index contributed by atoms with van der Waals surface area (Å²) in [5.74, 6) is 0.933. The number of nitrogens with zero attached hydrogens (tertiary/aromatic N) is 1. The van der Waals surface area contributed by atoms with Gasteiger partial charge in [0.1, 0.15) is 5.75 Å². The van der Waals surface area contributed by atoms with E-state index in [1.54, 1.807) is 7.11 Å². The van der Waals surface area contributed by atoms with Crippen molar-refractivity contribution in [2.75, 3.05) is 26.7 Å². The highest BCUT2D eigenvalue weighted by Gasteiger charge is 2.12. The molecule has 0 radical (unpaired) electrons. The summed E-state index contributed by atoms with van der Waals surface area (Å²) in [5, 5.41) is 3.60. The highest BCUT2D eigenvalue weighted by molar-refractivity contribution is 5.28. The number of ether oxygens (including phenoxy) is 1. The number of benzene rings is 1.